The monoisotopic (exact) mass is 268 g/mol. The lowest BCUT2D eigenvalue weighted by atomic mass is 10.2. The quantitative estimate of drug-likeness (QED) is 0.439. The van der Waals surface area contributed by atoms with Crippen LogP contribution in [0.5, 0.6) is 0 Å². The van der Waals surface area contributed by atoms with Gasteiger partial charge in [-0.05, 0) is 23.8 Å². The molecule has 0 atom stereocenters. The standard InChI is InChI=1S/C13H20N2O2S/c1-3-4-5-8-18-10-11-6-7-13(15(16)17)12(9-11)14-2/h6-7,9,14H,3-5,8,10H2,1-2H3. The Morgan fingerprint density at radius 3 is 2.78 bits per heavy atom. The van der Waals surface area contributed by atoms with Gasteiger partial charge >= 0.3 is 0 Å². The lowest BCUT2D eigenvalue weighted by Gasteiger charge is -2.06. The Hall–Kier alpha value is -1.23. The molecule has 0 aromatic heterocycles. The lowest BCUT2D eigenvalue weighted by molar-refractivity contribution is -0.383. The van der Waals surface area contributed by atoms with Crippen LogP contribution >= 0.6 is 11.8 Å². The van der Waals surface area contributed by atoms with E-state index in [-0.39, 0.29) is 10.6 Å². The molecule has 0 aliphatic heterocycles. The molecule has 0 aliphatic rings. The van der Waals surface area contributed by atoms with E-state index in [4.69, 9.17) is 0 Å². The van der Waals surface area contributed by atoms with Crippen LogP contribution in [0.15, 0.2) is 18.2 Å². The Morgan fingerprint density at radius 2 is 2.17 bits per heavy atom. The fraction of sp³-hybridized carbons (Fsp3) is 0.538. The van der Waals surface area contributed by atoms with E-state index in [1.807, 2.05) is 23.9 Å². The first-order chi connectivity index (χ1) is 8.69. The molecule has 18 heavy (non-hydrogen) atoms. The van der Waals surface area contributed by atoms with E-state index in [0.29, 0.717) is 5.69 Å². The van der Waals surface area contributed by atoms with Crippen LogP contribution in [0, 0.1) is 10.1 Å². The number of thioether (sulfide) groups is 1. The molecule has 0 radical (unpaired) electrons. The van der Waals surface area contributed by atoms with Gasteiger partial charge in [-0.15, -0.1) is 0 Å². The fourth-order valence-corrected chi connectivity index (χ4v) is 2.64. The molecule has 4 nitrogen and oxygen atoms in total. The van der Waals surface area contributed by atoms with E-state index in [9.17, 15) is 10.1 Å². The molecular weight excluding hydrogens is 248 g/mol. The van der Waals surface area contributed by atoms with E-state index < -0.39 is 0 Å². The molecule has 0 fully saturated rings. The molecule has 0 unspecified atom stereocenters. The van der Waals surface area contributed by atoms with Crippen molar-refractivity contribution in [2.75, 3.05) is 18.1 Å². The number of rotatable bonds is 8. The Labute approximate surface area is 112 Å². The van der Waals surface area contributed by atoms with Gasteiger partial charge in [-0.25, -0.2) is 0 Å². The highest BCUT2D eigenvalue weighted by atomic mass is 32.2. The van der Waals surface area contributed by atoms with Gasteiger partial charge in [0, 0.05) is 18.9 Å². The van der Waals surface area contributed by atoms with E-state index in [1.165, 1.54) is 19.3 Å². The maximum Gasteiger partial charge on any atom is 0.292 e. The SMILES string of the molecule is CCCCCSCc1ccc([N+](=O)[O-])c(NC)c1. The van der Waals surface area contributed by atoms with Gasteiger partial charge in [0.2, 0.25) is 0 Å². The zero-order valence-corrected chi connectivity index (χ0v) is 11.8. The van der Waals surface area contributed by atoms with E-state index >= 15 is 0 Å². The van der Waals surface area contributed by atoms with Crippen LogP contribution in [-0.4, -0.2) is 17.7 Å². The van der Waals surface area contributed by atoms with Crippen LogP contribution < -0.4 is 5.32 Å². The molecule has 0 saturated carbocycles. The topological polar surface area (TPSA) is 55.2 Å². The molecule has 5 heteroatoms. The minimum Gasteiger partial charge on any atom is -0.383 e. The molecule has 1 rings (SSSR count). The summed E-state index contributed by atoms with van der Waals surface area (Å²) in [5.41, 5.74) is 1.86. The van der Waals surface area contributed by atoms with Crippen LogP contribution in [-0.2, 0) is 5.75 Å². The Bertz CT molecular complexity index is 397. The zero-order valence-electron chi connectivity index (χ0n) is 10.9. The van der Waals surface area contributed by atoms with Gasteiger partial charge < -0.3 is 5.32 Å². The van der Waals surface area contributed by atoms with Gasteiger partial charge in [-0.3, -0.25) is 10.1 Å². The first-order valence-corrected chi connectivity index (χ1v) is 7.37. The minimum absolute atomic E-state index is 0.136. The molecule has 0 spiro atoms. The maximum absolute atomic E-state index is 10.8. The highest BCUT2D eigenvalue weighted by molar-refractivity contribution is 7.98. The van der Waals surface area contributed by atoms with Crippen LogP contribution in [0.25, 0.3) is 0 Å². The smallest absolute Gasteiger partial charge is 0.292 e. The zero-order chi connectivity index (χ0) is 13.4. The van der Waals surface area contributed by atoms with Gasteiger partial charge in [0.05, 0.1) is 4.92 Å². The Balaban J connectivity index is 2.54. The molecule has 1 N–H and O–H groups in total. The average molecular weight is 268 g/mol. The highest BCUT2D eigenvalue weighted by Crippen LogP contribution is 2.26. The second-order valence-corrected chi connectivity index (χ2v) is 5.22. The van der Waals surface area contributed by atoms with Gasteiger partial charge in [-0.1, -0.05) is 25.8 Å². The Morgan fingerprint density at radius 1 is 1.39 bits per heavy atom. The maximum atomic E-state index is 10.8. The van der Waals surface area contributed by atoms with Crippen molar-refractivity contribution in [2.45, 2.75) is 31.9 Å². The summed E-state index contributed by atoms with van der Waals surface area (Å²) in [6, 6.07) is 5.28. The summed E-state index contributed by atoms with van der Waals surface area (Å²) in [6.07, 6.45) is 3.75. The third-order valence-corrected chi connectivity index (χ3v) is 3.80. The number of unbranched alkanes of at least 4 members (excludes halogenated alkanes) is 2. The molecule has 100 valence electrons. The normalized spacial score (nSPS) is 10.3. The summed E-state index contributed by atoms with van der Waals surface area (Å²) in [5, 5.41) is 13.7. The van der Waals surface area contributed by atoms with Gasteiger partial charge in [0.25, 0.3) is 5.69 Å². The Kier molecular flexibility index (Phi) is 6.57. The fourth-order valence-electron chi connectivity index (χ4n) is 1.68. The first-order valence-electron chi connectivity index (χ1n) is 6.21. The summed E-state index contributed by atoms with van der Waals surface area (Å²) >= 11 is 1.88. The lowest BCUT2D eigenvalue weighted by Crippen LogP contribution is -1.97. The molecule has 0 bridgehead atoms. The number of nitro benzene ring substituents is 1. The van der Waals surface area contributed by atoms with Crippen LogP contribution in [0.2, 0.25) is 0 Å². The van der Waals surface area contributed by atoms with E-state index in [1.54, 1.807) is 13.1 Å². The summed E-state index contributed by atoms with van der Waals surface area (Å²) in [7, 11) is 1.71. The van der Waals surface area contributed by atoms with Crippen molar-refractivity contribution in [3.63, 3.8) is 0 Å². The van der Waals surface area contributed by atoms with Crippen molar-refractivity contribution in [2.24, 2.45) is 0 Å². The summed E-state index contributed by atoms with van der Waals surface area (Å²) in [6.45, 7) is 2.19. The molecule has 1 aromatic rings. The molecule has 0 saturated heterocycles. The molecule has 0 aliphatic carbocycles. The van der Waals surface area contributed by atoms with Gasteiger partial charge in [0.15, 0.2) is 0 Å². The van der Waals surface area contributed by atoms with Crippen molar-refractivity contribution in [1.82, 2.24) is 0 Å². The van der Waals surface area contributed by atoms with Crippen molar-refractivity contribution in [1.29, 1.82) is 0 Å². The van der Waals surface area contributed by atoms with Crippen molar-refractivity contribution in [3.05, 3.63) is 33.9 Å². The van der Waals surface area contributed by atoms with E-state index in [0.717, 1.165) is 17.1 Å². The number of nitro groups is 1. The van der Waals surface area contributed by atoms with E-state index in [2.05, 4.69) is 12.2 Å². The molecule has 0 amide bonds. The predicted octanol–water partition coefficient (Wildman–Crippen LogP) is 4.06. The van der Waals surface area contributed by atoms with Gasteiger partial charge in [-0.2, -0.15) is 11.8 Å². The average Bonchev–Trinajstić information content (AvgIpc) is 2.38. The number of nitrogens with zero attached hydrogens (tertiary/aromatic N) is 1. The number of anilines is 1. The first kappa shape index (κ1) is 14.8. The third-order valence-electron chi connectivity index (χ3n) is 2.69. The number of nitrogens with one attached hydrogen (secondary N) is 1. The second kappa shape index (κ2) is 7.97. The van der Waals surface area contributed by atoms with Crippen LogP contribution in [0.1, 0.15) is 31.7 Å². The molecule has 0 heterocycles. The number of benzene rings is 1. The second-order valence-electron chi connectivity index (χ2n) is 4.12. The van der Waals surface area contributed by atoms with Crippen molar-refractivity contribution < 1.29 is 4.92 Å². The number of hydrogen-bond donors (Lipinski definition) is 1. The van der Waals surface area contributed by atoms with Crippen LogP contribution in [0.4, 0.5) is 11.4 Å². The summed E-state index contributed by atoms with van der Waals surface area (Å²) < 4.78 is 0. The molecule has 1 aromatic carbocycles. The van der Waals surface area contributed by atoms with Crippen molar-refractivity contribution >= 4 is 23.1 Å². The number of hydrogen-bond acceptors (Lipinski definition) is 4. The van der Waals surface area contributed by atoms with Crippen LogP contribution in [0.3, 0.4) is 0 Å². The predicted molar refractivity (Wildman–Crippen MR) is 78.3 cm³/mol. The highest BCUT2D eigenvalue weighted by Gasteiger charge is 2.12. The summed E-state index contributed by atoms with van der Waals surface area (Å²) in [4.78, 5) is 10.4. The molecular formula is C13H20N2O2S. The summed E-state index contributed by atoms with van der Waals surface area (Å²) in [5.74, 6) is 2.07. The minimum atomic E-state index is -0.357. The van der Waals surface area contributed by atoms with Crippen molar-refractivity contribution in [3.8, 4) is 0 Å². The van der Waals surface area contributed by atoms with Gasteiger partial charge in [0.1, 0.15) is 5.69 Å². The third kappa shape index (κ3) is 4.56. The largest absolute Gasteiger partial charge is 0.383 e.